The average molecular weight is 460 g/mol. The van der Waals surface area contributed by atoms with Gasteiger partial charge in [-0.05, 0) is 69.6 Å². The first-order valence-corrected chi connectivity index (χ1v) is 11.9. The number of carboxylic acids is 1. The Hall–Kier alpha value is -2.62. The van der Waals surface area contributed by atoms with E-state index in [4.69, 9.17) is 4.74 Å². The normalized spacial score (nSPS) is 19.5. The maximum Gasteiger partial charge on any atom is 0.341 e. The third kappa shape index (κ3) is 4.60. The van der Waals surface area contributed by atoms with E-state index in [0.717, 1.165) is 35.7 Å². The highest BCUT2D eigenvalue weighted by Gasteiger charge is 2.45. The molecule has 0 spiro atoms. The molecule has 1 aliphatic heterocycles. The number of nitrogens with one attached hydrogen (secondary N) is 1. The molecule has 4 rings (SSSR count). The molecule has 1 aliphatic carbocycles. The van der Waals surface area contributed by atoms with E-state index in [2.05, 4.69) is 10.2 Å². The van der Waals surface area contributed by atoms with Crippen LogP contribution in [0.15, 0.2) is 36.4 Å². The third-order valence-corrected chi connectivity index (χ3v) is 6.69. The number of hydrogen-bond acceptors (Lipinski definition) is 5. The number of unbranched alkanes of at least 4 members (excludes halogenated alkanes) is 1. The maximum absolute atomic E-state index is 12.5. The largest absolute Gasteiger partial charge is 0.492 e. The van der Waals surface area contributed by atoms with Crippen LogP contribution in [0.2, 0.25) is 0 Å². The van der Waals surface area contributed by atoms with E-state index >= 15 is 0 Å². The quantitative estimate of drug-likeness (QED) is 0.366. The standard InChI is InChI=1S/C23H29N3O5S/c1-25(2)12-6-5-11-24-18-7-3-4-8-19(18)26(32(29)30)20-10-9-16-17-13-15(17)14-31-22(16)21(20)23(27)28/h3-4,7-10,15,17,24H,5-6,11-14H2,1-2H3,(H,27,28)(H,29,30)/t15-,17-/m1/s1. The van der Waals surface area contributed by atoms with E-state index in [1.807, 2.05) is 32.3 Å². The summed E-state index contributed by atoms with van der Waals surface area (Å²) in [5, 5.41) is 13.3. The minimum absolute atomic E-state index is 0.0731. The van der Waals surface area contributed by atoms with Gasteiger partial charge in [0.25, 0.3) is 11.3 Å². The topological polar surface area (TPSA) is 102 Å². The number of hydrogen-bond donors (Lipinski definition) is 3. The highest BCUT2D eigenvalue weighted by atomic mass is 32.2. The first-order valence-electron chi connectivity index (χ1n) is 10.8. The Morgan fingerprint density at radius 2 is 1.97 bits per heavy atom. The number of fused-ring (bicyclic) bond motifs is 3. The fourth-order valence-electron chi connectivity index (χ4n) is 4.29. The van der Waals surface area contributed by atoms with Gasteiger partial charge in [0.2, 0.25) is 0 Å². The monoisotopic (exact) mass is 459 g/mol. The van der Waals surface area contributed by atoms with Crippen molar-refractivity contribution in [1.29, 1.82) is 0 Å². The predicted octanol–water partition coefficient (Wildman–Crippen LogP) is 3.91. The lowest BCUT2D eigenvalue weighted by Gasteiger charge is -2.27. The summed E-state index contributed by atoms with van der Waals surface area (Å²) in [6.07, 6.45) is 2.94. The van der Waals surface area contributed by atoms with Crippen molar-refractivity contribution >= 4 is 34.3 Å². The molecule has 0 amide bonds. The molecule has 3 N–H and O–H groups in total. The number of para-hydroxylation sites is 2. The van der Waals surface area contributed by atoms with Crippen LogP contribution in [0.3, 0.4) is 0 Å². The summed E-state index contributed by atoms with van der Waals surface area (Å²) in [5.41, 5.74) is 2.04. The SMILES string of the molecule is CN(C)CCCCNc1ccccc1N(c1ccc2c(c1C(=O)O)OC[C@H]1C[C@@H]21)S(=O)O. The van der Waals surface area contributed by atoms with E-state index < -0.39 is 17.2 Å². The number of ether oxygens (including phenoxy) is 1. The number of carboxylic acid groups (broad SMARTS) is 1. The van der Waals surface area contributed by atoms with Gasteiger partial charge in [0.05, 0.1) is 23.7 Å². The molecule has 2 aliphatic rings. The maximum atomic E-state index is 12.5. The van der Waals surface area contributed by atoms with Gasteiger partial charge in [-0.15, -0.1) is 0 Å². The molecule has 0 saturated heterocycles. The lowest BCUT2D eigenvalue weighted by atomic mass is 10.00. The lowest BCUT2D eigenvalue weighted by molar-refractivity contribution is 0.0692. The van der Waals surface area contributed by atoms with Crippen LogP contribution in [0.1, 0.15) is 41.1 Å². The highest BCUT2D eigenvalue weighted by Crippen LogP contribution is 2.56. The predicted molar refractivity (Wildman–Crippen MR) is 125 cm³/mol. The van der Waals surface area contributed by atoms with Crippen molar-refractivity contribution < 1.29 is 23.4 Å². The number of aromatic carboxylic acids is 1. The van der Waals surface area contributed by atoms with Crippen LogP contribution in [-0.2, 0) is 11.3 Å². The van der Waals surface area contributed by atoms with Crippen molar-refractivity contribution in [3.63, 3.8) is 0 Å². The van der Waals surface area contributed by atoms with Gasteiger partial charge in [-0.25, -0.2) is 13.3 Å². The fourth-order valence-corrected chi connectivity index (χ4v) is 4.94. The highest BCUT2D eigenvalue weighted by molar-refractivity contribution is 7.81. The molecule has 1 unspecified atom stereocenters. The summed E-state index contributed by atoms with van der Waals surface area (Å²) in [7, 11) is 4.06. The Kier molecular flexibility index (Phi) is 6.68. The molecule has 172 valence electrons. The molecule has 32 heavy (non-hydrogen) atoms. The molecule has 1 heterocycles. The van der Waals surface area contributed by atoms with Crippen molar-refractivity contribution in [3.8, 4) is 5.75 Å². The van der Waals surface area contributed by atoms with Gasteiger partial charge in [-0.2, -0.15) is 0 Å². The van der Waals surface area contributed by atoms with Crippen molar-refractivity contribution in [2.45, 2.75) is 25.2 Å². The fraction of sp³-hybridized carbons (Fsp3) is 0.435. The number of carbonyl (C=O) groups is 1. The van der Waals surface area contributed by atoms with Crippen LogP contribution in [0.25, 0.3) is 0 Å². The van der Waals surface area contributed by atoms with E-state index in [1.54, 1.807) is 18.2 Å². The Morgan fingerprint density at radius 1 is 1.19 bits per heavy atom. The summed E-state index contributed by atoms with van der Waals surface area (Å²) in [4.78, 5) is 14.4. The molecule has 9 heteroatoms. The van der Waals surface area contributed by atoms with E-state index in [9.17, 15) is 18.7 Å². The Balaban J connectivity index is 1.67. The van der Waals surface area contributed by atoms with Gasteiger partial charge in [0.1, 0.15) is 11.3 Å². The summed E-state index contributed by atoms with van der Waals surface area (Å²) < 4.78 is 29.7. The Labute approximate surface area is 190 Å². The van der Waals surface area contributed by atoms with Gasteiger partial charge in [0, 0.05) is 12.5 Å². The zero-order valence-electron chi connectivity index (χ0n) is 18.3. The summed E-state index contributed by atoms with van der Waals surface area (Å²) in [6, 6.07) is 10.6. The number of nitrogens with zero attached hydrogens (tertiary/aromatic N) is 2. The van der Waals surface area contributed by atoms with Crippen molar-refractivity contribution in [2.24, 2.45) is 5.92 Å². The zero-order valence-corrected chi connectivity index (χ0v) is 19.1. The van der Waals surface area contributed by atoms with Crippen molar-refractivity contribution in [3.05, 3.63) is 47.5 Å². The molecule has 1 fully saturated rings. The number of anilines is 3. The Morgan fingerprint density at radius 3 is 2.69 bits per heavy atom. The second-order valence-electron chi connectivity index (χ2n) is 8.58. The first-order chi connectivity index (χ1) is 15.4. The Bertz CT molecular complexity index is 1030. The van der Waals surface area contributed by atoms with Gasteiger partial charge in [-0.1, -0.05) is 18.2 Å². The number of rotatable bonds is 10. The third-order valence-electron chi connectivity index (χ3n) is 5.99. The second-order valence-corrected chi connectivity index (χ2v) is 9.40. The van der Waals surface area contributed by atoms with Crippen molar-refractivity contribution in [2.75, 3.05) is 43.4 Å². The van der Waals surface area contributed by atoms with E-state index in [-0.39, 0.29) is 11.3 Å². The molecule has 8 nitrogen and oxygen atoms in total. The molecule has 0 aromatic heterocycles. The van der Waals surface area contributed by atoms with Crippen LogP contribution in [-0.4, -0.2) is 58.5 Å². The van der Waals surface area contributed by atoms with Gasteiger partial charge in [0.15, 0.2) is 0 Å². The van der Waals surface area contributed by atoms with E-state index in [1.165, 1.54) is 0 Å². The molecule has 0 bridgehead atoms. The van der Waals surface area contributed by atoms with E-state index in [0.29, 0.717) is 42.1 Å². The van der Waals surface area contributed by atoms with Crippen LogP contribution in [0, 0.1) is 5.92 Å². The van der Waals surface area contributed by atoms with Gasteiger partial charge < -0.3 is 20.1 Å². The summed E-state index contributed by atoms with van der Waals surface area (Å²) >= 11 is -2.49. The molecule has 3 atom stereocenters. The second kappa shape index (κ2) is 9.48. The molecule has 1 saturated carbocycles. The molecular formula is C23H29N3O5S. The minimum Gasteiger partial charge on any atom is -0.492 e. The molecule has 0 radical (unpaired) electrons. The smallest absolute Gasteiger partial charge is 0.341 e. The van der Waals surface area contributed by atoms with Crippen LogP contribution >= 0.6 is 0 Å². The van der Waals surface area contributed by atoms with Crippen LogP contribution in [0.5, 0.6) is 5.75 Å². The average Bonchev–Trinajstić information content (AvgIpc) is 3.54. The molecule has 2 aromatic carbocycles. The van der Waals surface area contributed by atoms with Crippen LogP contribution < -0.4 is 14.4 Å². The van der Waals surface area contributed by atoms with Crippen LogP contribution in [0.4, 0.5) is 17.1 Å². The lowest BCUT2D eigenvalue weighted by Crippen LogP contribution is -2.24. The van der Waals surface area contributed by atoms with Gasteiger partial charge >= 0.3 is 5.97 Å². The zero-order chi connectivity index (χ0) is 22.8. The molecular weight excluding hydrogens is 430 g/mol. The minimum atomic E-state index is -2.49. The summed E-state index contributed by atoms with van der Waals surface area (Å²) in [6.45, 7) is 2.16. The number of benzene rings is 2. The van der Waals surface area contributed by atoms with Gasteiger partial charge in [-0.3, -0.25) is 4.55 Å². The van der Waals surface area contributed by atoms with Crippen molar-refractivity contribution in [1.82, 2.24) is 4.90 Å². The summed E-state index contributed by atoms with van der Waals surface area (Å²) in [5.74, 6) is -0.107. The first kappa shape index (κ1) is 22.6. The molecule has 2 aromatic rings.